The fourth-order valence-electron chi connectivity index (χ4n) is 2.32. The Balaban J connectivity index is 2.62. The molecule has 0 aliphatic heterocycles. The van der Waals surface area contributed by atoms with Gasteiger partial charge in [-0.25, -0.2) is 0 Å². The van der Waals surface area contributed by atoms with Gasteiger partial charge in [0.25, 0.3) is 17.7 Å². The van der Waals surface area contributed by atoms with Crippen LogP contribution in [0.1, 0.15) is 38.1 Å². The van der Waals surface area contributed by atoms with E-state index in [9.17, 15) is 14.4 Å². The Morgan fingerprint density at radius 1 is 1.08 bits per heavy atom. The molecule has 25 heavy (non-hydrogen) atoms. The van der Waals surface area contributed by atoms with Gasteiger partial charge in [-0.1, -0.05) is 6.07 Å². The molecule has 1 unspecified atom stereocenters. The van der Waals surface area contributed by atoms with Crippen LogP contribution in [0.2, 0.25) is 0 Å². The number of amides is 3. The van der Waals surface area contributed by atoms with Gasteiger partial charge in [0, 0.05) is 23.8 Å². The average molecular weight is 349 g/mol. The lowest BCUT2D eigenvalue weighted by Crippen LogP contribution is -3.14. The van der Waals surface area contributed by atoms with Gasteiger partial charge in [0.15, 0.2) is 13.1 Å². The van der Waals surface area contributed by atoms with Crippen LogP contribution in [-0.4, -0.2) is 49.9 Å². The molecule has 0 heterocycles. The molecule has 4 N–H and O–H groups in total. The summed E-state index contributed by atoms with van der Waals surface area (Å²) in [4.78, 5) is 36.7. The van der Waals surface area contributed by atoms with E-state index in [2.05, 4.69) is 16.0 Å². The van der Waals surface area contributed by atoms with Gasteiger partial charge in [-0.15, -0.1) is 0 Å². The number of likely N-dealkylation sites (N-methyl/N-ethyl adjacent to an activating group) is 1. The summed E-state index contributed by atoms with van der Waals surface area (Å²) in [5, 5.41) is 8.22. The number of hydrogen-bond acceptors (Lipinski definition) is 3. The first-order valence-corrected chi connectivity index (χ1v) is 8.41. The molecule has 0 radical (unpaired) electrons. The van der Waals surface area contributed by atoms with E-state index in [-0.39, 0.29) is 36.3 Å². The first-order chi connectivity index (χ1) is 11.6. The smallest absolute Gasteiger partial charge is 0.279 e. The molecule has 1 aromatic rings. The Kier molecular flexibility index (Phi) is 7.57. The summed E-state index contributed by atoms with van der Waals surface area (Å²) >= 11 is 0. The van der Waals surface area contributed by atoms with E-state index < -0.39 is 0 Å². The van der Waals surface area contributed by atoms with E-state index in [1.165, 1.54) is 0 Å². The zero-order valence-corrected chi connectivity index (χ0v) is 15.7. The molecule has 0 fully saturated rings. The maximum Gasteiger partial charge on any atom is 0.279 e. The van der Waals surface area contributed by atoms with Gasteiger partial charge in [0.2, 0.25) is 0 Å². The summed E-state index contributed by atoms with van der Waals surface area (Å²) in [6.07, 6.45) is 0. The standard InChI is InChI=1S/C18H28N4O3/c1-6-22(12-16(24)21-18(2,3)4)11-15(23)20-14-9-7-8-13(10-14)17(25)19-5/h7-10H,6,11-12H2,1-5H3,(H,19,25)(H,20,23)(H,21,24)/p+1. The molecule has 1 aromatic carbocycles. The SMILES string of the molecule is CC[NH+](CC(=O)Nc1cccc(C(=O)NC)c1)CC(=O)NC(C)(C)C. The highest BCUT2D eigenvalue weighted by Gasteiger charge is 2.20. The van der Waals surface area contributed by atoms with Crippen LogP contribution >= 0.6 is 0 Å². The van der Waals surface area contributed by atoms with Crippen molar-refractivity contribution < 1.29 is 19.3 Å². The lowest BCUT2D eigenvalue weighted by atomic mass is 10.1. The molecule has 0 bridgehead atoms. The van der Waals surface area contributed by atoms with Crippen LogP contribution in [-0.2, 0) is 9.59 Å². The van der Waals surface area contributed by atoms with Crippen molar-refractivity contribution in [3.8, 4) is 0 Å². The Labute approximate surface area is 149 Å². The highest BCUT2D eigenvalue weighted by atomic mass is 16.2. The Morgan fingerprint density at radius 2 is 1.72 bits per heavy atom. The minimum Gasteiger partial charge on any atom is -0.355 e. The molecule has 3 amide bonds. The topological polar surface area (TPSA) is 91.7 Å². The largest absolute Gasteiger partial charge is 0.355 e. The second-order valence-corrected chi connectivity index (χ2v) is 6.96. The van der Waals surface area contributed by atoms with Crippen molar-refractivity contribution in [2.75, 3.05) is 32.0 Å². The van der Waals surface area contributed by atoms with E-state index in [0.717, 1.165) is 4.90 Å². The first kappa shape index (κ1) is 20.6. The third kappa shape index (κ3) is 7.80. The van der Waals surface area contributed by atoms with E-state index in [4.69, 9.17) is 0 Å². The van der Waals surface area contributed by atoms with Gasteiger partial charge in [-0.3, -0.25) is 14.4 Å². The predicted octanol–water partition coefficient (Wildman–Crippen LogP) is -0.196. The molecule has 0 aromatic heterocycles. The second kappa shape index (κ2) is 9.17. The molecule has 0 spiro atoms. The van der Waals surface area contributed by atoms with Crippen LogP contribution in [0, 0.1) is 0 Å². The number of carbonyl (C=O) groups is 3. The zero-order chi connectivity index (χ0) is 19.0. The number of nitrogens with one attached hydrogen (secondary N) is 4. The molecule has 0 saturated heterocycles. The molecular weight excluding hydrogens is 320 g/mol. The molecular formula is C18H29N4O3+. The quantitative estimate of drug-likeness (QED) is 0.550. The summed E-state index contributed by atoms with van der Waals surface area (Å²) in [6.45, 7) is 8.76. The summed E-state index contributed by atoms with van der Waals surface area (Å²) in [5.74, 6) is -0.496. The van der Waals surface area contributed by atoms with Crippen LogP contribution < -0.4 is 20.9 Å². The summed E-state index contributed by atoms with van der Waals surface area (Å²) in [5.41, 5.74) is 0.739. The maximum absolute atomic E-state index is 12.2. The van der Waals surface area contributed by atoms with Crippen molar-refractivity contribution in [2.24, 2.45) is 0 Å². The molecule has 0 aliphatic rings. The third-order valence-corrected chi connectivity index (χ3v) is 3.47. The molecule has 0 aliphatic carbocycles. The van der Waals surface area contributed by atoms with Crippen molar-refractivity contribution in [3.05, 3.63) is 29.8 Å². The van der Waals surface area contributed by atoms with Crippen molar-refractivity contribution in [3.63, 3.8) is 0 Å². The normalized spacial score (nSPS) is 12.2. The number of carbonyl (C=O) groups excluding carboxylic acids is 3. The minimum atomic E-state index is -0.293. The van der Waals surface area contributed by atoms with Crippen LogP contribution in [0.25, 0.3) is 0 Å². The number of anilines is 1. The molecule has 7 heteroatoms. The minimum absolute atomic E-state index is 0.0845. The van der Waals surface area contributed by atoms with E-state index in [1.54, 1.807) is 31.3 Å². The van der Waals surface area contributed by atoms with Gasteiger partial charge in [0.1, 0.15) is 0 Å². The fraction of sp³-hybridized carbons (Fsp3) is 0.500. The van der Waals surface area contributed by atoms with Crippen LogP contribution in [0.4, 0.5) is 5.69 Å². The van der Waals surface area contributed by atoms with Crippen molar-refractivity contribution in [1.82, 2.24) is 10.6 Å². The highest BCUT2D eigenvalue weighted by Crippen LogP contribution is 2.10. The van der Waals surface area contributed by atoms with Crippen LogP contribution in [0.3, 0.4) is 0 Å². The second-order valence-electron chi connectivity index (χ2n) is 6.96. The molecule has 0 saturated carbocycles. The van der Waals surface area contributed by atoms with E-state index in [1.807, 2.05) is 27.7 Å². The van der Waals surface area contributed by atoms with Crippen molar-refractivity contribution in [1.29, 1.82) is 0 Å². The monoisotopic (exact) mass is 349 g/mol. The van der Waals surface area contributed by atoms with Gasteiger partial charge >= 0.3 is 0 Å². The lowest BCUT2D eigenvalue weighted by molar-refractivity contribution is -0.881. The highest BCUT2D eigenvalue weighted by molar-refractivity contribution is 5.97. The van der Waals surface area contributed by atoms with Gasteiger partial charge < -0.3 is 20.9 Å². The summed E-state index contributed by atoms with van der Waals surface area (Å²) in [7, 11) is 1.55. The average Bonchev–Trinajstić information content (AvgIpc) is 2.51. The number of hydrogen-bond donors (Lipinski definition) is 4. The maximum atomic E-state index is 12.2. The van der Waals surface area contributed by atoms with Crippen molar-refractivity contribution >= 4 is 23.4 Å². The summed E-state index contributed by atoms with van der Waals surface area (Å²) < 4.78 is 0. The third-order valence-electron chi connectivity index (χ3n) is 3.47. The molecule has 138 valence electrons. The Hall–Kier alpha value is -2.41. The Morgan fingerprint density at radius 3 is 2.28 bits per heavy atom. The predicted molar refractivity (Wildman–Crippen MR) is 97.6 cm³/mol. The lowest BCUT2D eigenvalue weighted by Gasteiger charge is -2.23. The number of benzene rings is 1. The summed E-state index contributed by atoms with van der Waals surface area (Å²) in [6, 6.07) is 6.73. The van der Waals surface area contributed by atoms with Gasteiger partial charge in [-0.2, -0.15) is 0 Å². The zero-order valence-electron chi connectivity index (χ0n) is 15.7. The van der Waals surface area contributed by atoms with Gasteiger partial charge in [0.05, 0.1) is 6.54 Å². The number of rotatable bonds is 7. The fourth-order valence-corrected chi connectivity index (χ4v) is 2.32. The number of quaternary nitrogens is 1. The van der Waals surface area contributed by atoms with Crippen LogP contribution in [0.15, 0.2) is 24.3 Å². The van der Waals surface area contributed by atoms with Crippen molar-refractivity contribution in [2.45, 2.75) is 33.2 Å². The first-order valence-electron chi connectivity index (χ1n) is 8.41. The molecule has 1 atom stereocenters. The molecule has 1 rings (SSSR count). The van der Waals surface area contributed by atoms with Gasteiger partial charge in [-0.05, 0) is 45.9 Å². The van der Waals surface area contributed by atoms with E-state index in [0.29, 0.717) is 17.8 Å². The Bertz CT molecular complexity index is 623. The molecule has 7 nitrogen and oxygen atoms in total. The van der Waals surface area contributed by atoms with Crippen LogP contribution in [0.5, 0.6) is 0 Å². The van der Waals surface area contributed by atoms with E-state index >= 15 is 0 Å².